The fourth-order valence-electron chi connectivity index (χ4n) is 4.02. The van der Waals surface area contributed by atoms with E-state index in [2.05, 4.69) is 5.32 Å². The predicted molar refractivity (Wildman–Crippen MR) is 112 cm³/mol. The Hall–Kier alpha value is -1.93. The second-order valence-electron chi connectivity index (χ2n) is 7.84. The SMILES string of the molecule is O=C(NCCC(=O)N1CCCCCC1)C(c1ccccc1)N1CCS(=O)(=O)CC1. The normalized spacial score (nSPS) is 21.2. The van der Waals surface area contributed by atoms with Gasteiger partial charge in [-0.1, -0.05) is 43.2 Å². The van der Waals surface area contributed by atoms with Crippen LogP contribution >= 0.6 is 0 Å². The van der Waals surface area contributed by atoms with Gasteiger partial charge in [-0.2, -0.15) is 0 Å². The van der Waals surface area contributed by atoms with Gasteiger partial charge in [0, 0.05) is 39.1 Å². The number of nitrogens with one attached hydrogen (secondary N) is 1. The topological polar surface area (TPSA) is 86.8 Å². The predicted octanol–water partition coefficient (Wildman–Crippen LogP) is 1.37. The molecular weight excluding hydrogens is 390 g/mol. The van der Waals surface area contributed by atoms with E-state index in [4.69, 9.17) is 0 Å². The molecule has 1 aromatic carbocycles. The molecule has 0 bridgehead atoms. The average molecular weight is 422 g/mol. The van der Waals surface area contributed by atoms with Crippen molar-refractivity contribution in [1.82, 2.24) is 15.1 Å². The molecule has 2 aliphatic rings. The number of hydrogen-bond acceptors (Lipinski definition) is 5. The number of amides is 2. The number of hydrogen-bond donors (Lipinski definition) is 1. The van der Waals surface area contributed by atoms with E-state index in [0.29, 0.717) is 26.1 Å². The molecule has 0 radical (unpaired) electrons. The number of rotatable bonds is 6. The maximum atomic E-state index is 13.0. The molecule has 0 aliphatic carbocycles. The quantitative estimate of drug-likeness (QED) is 0.750. The summed E-state index contributed by atoms with van der Waals surface area (Å²) in [6.45, 7) is 2.58. The van der Waals surface area contributed by atoms with Crippen LogP contribution in [-0.2, 0) is 19.4 Å². The van der Waals surface area contributed by atoms with Crippen LogP contribution in [0.25, 0.3) is 0 Å². The second kappa shape index (κ2) is 10.2. The Bertz CT molecular complexity index is 775. The van der Waals surface area contributed by atoms with Gasteiger partial charge >= 0.3 is 0 Å². The number of nitrogens with zero attached hydrogens (tertiary/aromatic N) is 2. The van der Waals surface area contributed by atoms with Crippen LogP contribution in [0.5, 0.6) is 0 Å². The molecule has 2 amide bonds. The lowest BCUT2D eigenvalue weighted by molar-refractivity contribution is -0.131. The zero-order valence-corrected chi connectivity index (χ0v) is 17.7. The number of carbonyl (C=O) groups is 2. The van der Waals surface area contributed by atoms with Crippen LogP contribution in [0.15, 0.2) is 30.3 Å². The van der Waals surface area contributed by atoms with Gasteiger partial charge in [0.05, 0.1) is 11.5 Å². The fourth-order valence-corrected chi connectivity index (χ4v) is 5.25. The minimum atomic E-state index is -3.02. The fraction of sp³-hybridized carbons (Fsp3) is 0.619. The Balaban J connectivity index is 1.59. The van der Waals surface area contributed by atoms with E-state index in [1.54, 1.807) is 0 Å². The van der Waals surface area contributed by atoms with Crippen molar-refractivity contribution in [2.24, 2.45) is 0 Å². The largest absolute Gasteiger partial charge is 0.354 e. The van der Waals surface area contributed by atoms with Gasteiger partial charge in [-0.25, -0.2) is 8.42 Å². The monoisotopic (exact) mass is 421 g/mol. The van der Waals surface area contributed by atoms with Gasteiger partial charge in [0.1, 0.15) is 6.04 Å². The summed E-state index contributed by atoms with van der Waals surface area (Å²) >= 11 is 0. The molecule has 1 atom stereocenters. The summed E-state index contributed by atoms with van der Waals surface area (Å²) < 4.78 is 23.6. The van der Waals surface area contributed by atoms with Crippen molar-refractivity contribution in [1.29, 1.82) is 0 Å². The molecular formula is C21H31N3O4S. The molecule has 2 saturated heterocycles. The molecule has 1 aromatic rings. The minimum absolute atomic E-state index is 0.0665. The van der Waals surface area contributed by atoms with Crippen LogP contribution in [0.3, 0.4) is 0 Å². The first-order valence-corrected chi connectivity index (χ1v) is 12.3. The van der Waals surface area contributed by atoms with Crippen molar-refractivity contribution >= 4 is 21.7 Å². The Morgan fingerprint density at radius 1 is 0.931 bits per heavy atom. The van der Waals surface area contributed by atoms with Crippen molar-refractivity contribution in [3.63, 3.8) is 0 Å². The molecule has 1 unspecified atom stereocenters. The van der Waals surface area contributed by atoms with E-state index in [0.717, 1.165) is 31.5 Å². The van der Waals surface area contributed by atoms with E-state index < -0.39 is 15.9 Å². The maximum absolute atomic E-state index is 13.0. The molecule has 2 aliphatic heterocycles. The average Bonchev–Trinajstić information content (AvgIpc) is 3.00. The summed E-state index contributed by atoms with van der Waals surface area (Å²) in [5.41, 5.74) is 0.836. The van der Waals surface area contributed by atoms with E-state index in [1.165, 1.54) is 12.8 Å². The zero-order valence-electron chi connectivity index (χ0n) is 16.9. The standard InChI is InChI=1S/C21H31N3O4S/c25-19(23-12-6-1-2-7-13-23)10-11-22-21(26)20(18-8-4-3-5-9-18)24-14-16-29(27,28)17-15-24/h3-5,8-9,20H,1-2,6-7,10-17H2,(H,22,26). The van der Waals surface area contributed by atoms with Crippen molar-refractivity contribution in [2.45, 2.75) is 38.1 Å². The van der Waals surface area contributed by atoms with Crippen LogP contribution in [0.4, 0.5) is 0 Å². The molecule has 3 rings (SSSR count). The summed E-state index contributed by atoms with van der Waals surface area (Å²) in [6, 6.07) is 8.86. The van der Waals surface area contributed by atoms with Crippen molar-refractivity contribution in [3.8, 4) is 0 Å². The molecule has 0 aromatic heterocycles. The van der Waals surface area contributed by atoms with Crippen LogP contribution in [0.2, 0.25) is 0 Å². The Morgan fingerprint density at radius 3 is 2.17 bits per heavy atom. The minimum Gasteiger partial charge on any atom is -0.354 e. The molecule has 7 nitrogen and oxygen atoms in total. The highest BCUT2D eigenvalue weighted by Gasteiger charge is 2.32. The highest BCUT2D eigenvalue weighted by Crippen LogP contribution is 2.23. The lowest BCUT2D eigenvalue weighted by atomic mass is 10.0. The number of likely N-dealkylation sites (tertiary alicyclic amines) is 1. The summed E-state index contributed by atoms with van der Waals surface area (Å²) in [5.74, 6) is 0.0420. The lowest BCUT2D eigenvalue weighted by Gasteiger charge is -2.33. The lowest BCUT2D eigenvalue weighted by Crippen LogP contribution is -2.48. The molecule has 2 heterocycles. The maximum Gasteiger partial charge on any atom is 0.241 e. The van der Waals surface area contributed by atoms with E-state index in [1.807, 2.05) is 40.1 Å². The van der Waals surface area contributed by atoms with Gasteiger partial charge in [-0.15, -0.1) is 0 Å². The molecule has 1 N–H and O–H groups in total. The van der Waals surface area contributed by atoms with Crippen LogP contribution in [0.1, 0.15) is 43.7 Å². The zero-order chi connectivity index (χ0) is 20.7. The molecule has 29 heavy (non-hydrogen) atoms. The summed E-state index contributed by atoms with van der Waals surface area (Å²) in [4.78, 5) is 29.3. The molecule has 160 valence electrons. The van der Waals surface area contributed by atoms with Crippen LogP contribution < -0.4 is 5.32 Å². The first-order valence-electron chi connectivity index (χ1n) is 10.5. The van der Waals surface area contributed by atoms with Gasteiger partial charge in [-0.05, 0) is 18.4 Å². The Kier molecular flexibility index (Phi) is 7.66. The number of carbonyl (C=O) groups excluding carboxylic acids is 2. The van der Waals surface area contributed by atoms with Gasteiger partial charge < -0.3 is 10.2 Å². The molecule has 0 spiro atoms. The van der Waals surface area contributed by atoms with E-state index >= 15 is 0 Å². The van der Waals surface area contributed by atoms with E-state index in [9.17, 15) is 18.0 Å². The summed E-state index contributed by atoms with van der Waals surface area (Å²) in [5, 5.41) is 2.91. The molecule has 8 heteroatoms. The summed E-state index contributed by atoms with van der Waals surface area (Å²) in [6.07, 6.45) is 4.73. The summed E-state index contributed by atoms with van der Waals surface area (Å²) in [7, 11) is -3.02. The van der Waals surface area contributed by atoms with E-state index in [-0.39, 0.29) is 23.3 Å². The number of sulfone groups is 1. The van der Waals surface area contributed by atoms with Gasteiger partial charge in [-0.3, -0.25) is 14.5 Å². The highest BCUT2D eigenvalue weighted by atomic mass is 32.2. The third-order valence-electron chi connectivity index (χ3n) is 5.70. The Labute approximate surface area is 173 Å². The van der Waals surface area contributed by atoms with Crippen molar-refractivity contribution in [3.05, 3.63) is 35.9 Å². The smallest absolute Gasteiger partial charge is 0.241 e. The van der Waals surface area contributed by atoms with Gasteiger partial charge in [0.25, 0.3) is 0 Å². The number of benzene rings is 1. The van der Waals surface area contributed by atoms with Gasteiger partial charge in [0.15, 0.2) is 9.84 Å². The first-order chi connectivity index (χ1) is 14.0. The highest BCUT2D eigenvalue weighted by molar-refractivity contribution is 7.91. The van der Waals surface area contributed by atoms with Gasteiger partial charge in [0.2, 0.25) is 11.8 Å². The van der Waals surface area contributed by atoms with Crippen LogP contribution in [0, 0.1) is 0 Å². The Morgan fingerprint density at radius 2 is 1.55 bits per heavy atom. The second-order valence-corrected chi connectivity index (χ2v) is 10.1. The van der Waals surface area contributed by atoms with Crippen molar-refractivity contribution < 1.29 is 18.0 Å². The molecule has 2 fully saturated rings. The van der Waals surface area contributed by atoms with Crippen LogP contribution in [-0.4, -0.2) is 74.3 Å². The first kappa shape index (κ1) is 21.8. The van der Waals surface area contributed by atoms with Crippen molar-refractivity contribution in [2.75, 3.05) is 44.2 Å². The third-order valence-corrected chi connectivity index (χ3v) is 7.31. The third kappa shape index (κ3) is 6.27. The molecule has 0 saturated carbocycles.